The number of halogens is 1. The normalized spacial score (nSPS) is 10.4. The van der Waals surface area contributed by atoms with Crippen LogP contribution in [-0.4, -0.2) is 16.7 Å². The van der Waals surface area contributed by atoms with Crippen LogP contribution in [0.3, 0.4) is 0 Å². The lowest BCUT2D eigenvalue weighted by Gasteiger charge is -2.10. The van der Waals surface area contributed by atoms with E-state index in [1.165, 1.54) is 13.2 Å². The Morgan fingerprint density at radius 1 is 1.14 bits per heavy atom. The summed E-state index contributed by atoms with van der Waals surface area (Å²) in [6.45, 7) is 0. The maximum absolute atomic E-state index is 13.7. The van der Waals surface area contributed by atoms with E-state index < -0.39 is 5.82 Å². The molecule has 0 amide bonds. The van der Waals surface area contributed by atoms with Crippen molar-refractivity contribution in [1.82, 2.24) is 9.55 Å². The van der Waals surface area contributed by atoms with Crippen LogP contribution in [0.25, 0.3) is 5.69 Å². The first-order valence-corrected chi connectivity index (χ1v) is 6.47. The minimum atomic E-state index is -0.416. The van der Waals surface area contributed by atoms with Crippen molar-refractivity contribution >= 4 is 11.6 Å². The predicted molar refractivity (Wildman–Crippen MR) is 79.8 cm³/mol. The SMILES string of the molecule is COc1ccc(Nc2nccn2-c2ccccc2)cc1F. The molecule has 106 valence electrons. The number of ether oxygens (including phenoxy) is 1. The van der Waals surface area contributed by atoms with Crippen molar-refractivity contribution in [2.45, 2.75) is 0 Å². The third-order valence-electron chi connectivity index (χ3n) is 3.08. The zero-order valence-corrected chi connectivity index (χ0v) is 11.5. The molecule has 0 unspecified atom stereocenters. The highest BCUT2D eigenvalue weighted by atomic mass is 19.1. The van der Waals surface area contributed by atoms with Crippen LogP contribution in [0.15, 0.2) is 60.9 Å². The van der Waals surface area contributed by atoms with E-state index in [1.54, 1.807) is 18.3 Å². The Labute approximate surface area is 121 Å². The first kappa shape index (κ1) is 13.2. The number of benzene rings is 2. The van der Waals surface area contributed by atoms with Gasteiger partial charge >= 0.3 is 0 Å². The van der Waals surface area contributed by atoms with Crippen LogP contribution < -0.4 is 10.1 Å². The fourth-order valence-electron chi connectivity index (χ4n) is 2.07. The van der Waals surface area contributed by atoms with Crippen LogP contribution in [-0.2, 0) is 0 Å². The van der Waals surface area contributed by atoms with Crippen LogP contribution in [0.2, 0.25) is 0 Å². The number of anilines is 2. The van der Waals surface area contributed by atoms with Crippen molar-refractivity contribution in [2.24, 2.45) is 0 Å². The number of para-hydroxylation sites is 1. The molecule has 21 heavy (non-hydrogen) atoms. The Bertz CT molecular complexity index is 740. The summed E-state index contributed by atoms with van der Waals surface area (Å²) in [6.07, 6.45) is 3.53. The Balaban J connectivity index is 1.90. The summed E-state index contributed by atoms with van der Waals surface area (Å²) in [5.41, 5.74) is 1.59. The largest absolute Gasteiger partial charge is 0.494 e. The second-order valence-corrected chi connectivity index (χ2v) is 4.43. The molecular formula is C16H14FN3O. The topological polar surface area (TPSA) is 39.1 Å². The monoisotopic (exact) mass is 283 g/mol. The Hall–Kier alpha value is -2.82. The van der Waals surface area contributed by atoms with Crippen molar-refractivity contribution < 1.29 is 9.13 Å². The highest BCUT2D eigenvalue weighted by molar-refractivity contribution is 5.57. The van der Waals surface area contributed by atoms with Crippen LogP contribution in [0.4, 0.5) is 16.0 Å². The molecule has 3 aromatic rings. The van der Waals surface area contributed by atoms with Gasteiger partial charge < -0.3 is 10.1 Å². The number of hydrogen-bond donors (Lipinski definition) is 1. The van der Waals surface area contributed by atoms with E-state index in [0.717, 1.165) is 5.69 Å². The minimum Gasteiger partial charge on any atom is -0.494 e. The van der Waals surface area contributed by atoms with Crippen LogP contribution >= 0.6 is 0 Å². The van der Waals surface area contributed by atoms with Gasteiger partial charge in [0.1, 0.15) is 0 Å². The number of hydrogen-bond acceptors (Lipinski definition) is 3. The standard InChI is InChI=1S/C16H14FN3O/c1-21-15-8-7-12(11-14(15)17)19-16-18-9-10-20(16)13-5-3-2-4-6-13/h2-11H,1H3,(H,18,19). The molecule has 4 nitrogen and oxygen atoms in total. The molecule has 0 radical (unpaired) electrons. The molecule has 1 N–H and O–H groups in total. The third-order valence-corrected chi connectivity index (χ3v) is 3.08. The predicted octanol–water partition coefficient (Wildman–Crippen LogP) is 3.76. The maximum Gasteiger partial charge on any atom is 0.212 e. The van der Waals surface area contributed by atoms with E-state index >= 15 is 0 Å². The Morgan fingerprint density at radius 3 is 2.67 bits per heavy atom. The Kier molecular flexibility index (Phi) is 3.55. The van der Waals surface area contributed by atoms with Gasteiger partial charge in [0.25, 0.3) is 0 Å². The van der Waals surface area contributed by atoms with E-state index in [-0.39, 0.29) is 5.75 Å². The van der Waals surface area contributed by atoms with E-state index in [4.69, 9.17) is 4.74 Å². The average molecular weight is 283 g/mol. The molecule has 5 heteroatoms. The summed E-state index contributed by atoms with van der Waals surface area (Å²) >= 11 is 0. The van der Waals surface area contributed by atoms with E-state index in [2.05, 4.69) is 10.3 Å². The second-order valence-electron chi connectivity index (χ2n) is 4.43. The molecule has 1 heterocycles. The number of nitrogens with one attached hydrogen (secondary N) is 1. The lowest BCUT2D eigenvalue weighted by molar-refractivity contribution is 0.386. The lowest BCUT2D eigenvalue weighted by atomic mass is 10.3. The molecule has 0 saturated carbocycles. The van der Waals surface area contributed by atoms with Crippen molar-refractivity contribution in [3.8, 4) is 11.4 Å². The summed E-state index contributed by atoms with van der Waals surface area (Å²) in [6, 6.07) is 14.5. The number of imidazole rings is 1. The van der Waals surface area contributed by atoms with E-state index in [9.17, 15) is 4.39 Å². The summed E-state index contributed by atoms with van der Waals surface area (Å²) in [4.78, 5) is 4.26. The number of methoxy groups -OCH3 is 1. The van der Waals surface area contributed by atoms with Gasteiger partial charge in [0.15, 0.2) is 11.6 Å². The molecular weight excluding hydrogens is 269 g/mol. The third kappa shape index (κ3) is 2.72. The smallest absolute Gasteiger partial charge is 0.212 e. The molecule has 3 rings (SSSR count). The number of rotatable bonds is 4. The number of aromatic nitrogens is 2. The van der Waals surface area contributed by atoms with Crippen LogP contribution in [0.1, 0.15) is 0 Å². The fraction of sp³-hybridized carbons (Fsp3) is 0.0625. The van der Waals surface area contributed by atoms with Gasteiger partial charge in [0.05, 0.1) is 7.11 Å². The maximum atomic E-state index is 13.7. The van der Waals surface area contributed by atoms with Gasteiger partial charge in [0, 0.05) is 29.8 Å². The van der Waals surface area contributed by atoms with Gasteiger partial charge in [-0.1, -0.05) is 18.2 Å². The molecule has 2 aromatic carbocycles. The molecule has 0 aliphatic rings. The number of nitrogens with zero attached hydrogens (tertiary/aromatic N) is 2. The second kappa shape index (κ2) is 5.66. The van der Waals surface area contributed by atoms with Gasteiger partial charge in [-0.15, -0.1) is 0 Å². The molecule has 0 saturated heterocycles. The molecule has 0 aliphatic heterocycles. The summed E-state index contributed by atoms with van der Waals surface area (Å²) in [5.74, 6) is 0.415. The molecule has 0 aliphatic carbocycles. The Morgan fingerprint density at radius 2 is 1.95 bits per heavy atom. The van der Waals surface area contributed by atoms with Gasteiger partial charge in [-0.05, 0) is 24.3 Å². The van der Waals surface area contributed by atoms with Crippen LogP contribution in [0, 0.1) is 5.82 Å². The fourth-order valence-corrected chi connectivity index (χ4v) is 2.07. The summed E-state index contributed by atoms with van der Waals surface area (Å²) in [5, 5.41) is 3.10. The highest BCUT2D eigenvalue weighted by Gasteiger charge is 2.07. The van der Waals surface area contributed by atoms with Gasteiger partial charge in [-0.25, -0.2) is 9.37 Å². The van der Waals surface area contributed by atoms with Crippen LogP contribution in [0.5, 0.6) is 5.75 Å². The van der Waals surface area contributed by atoms with E-state index in [1.807, 2.05) is 41.1 Å². The molecule has 0 fully saturated rings. The minimum absolute atomic E-state index is 0.215. The van der Waals surface area contributed by atoms with E-state index in [0.29, 0.717) is 11.6 Å². The molecule has 1 aromatic heterocycles. The zero-order valence-electron chi connectivity index (χ0n) is 11.5. The van der Waals surface area contributed by atoms with Crippen molar-refractivity contribution in [1.29, 1.82) is 0 Å². The lowest BCUT2D eigenvalue weighted by Crippen LogP contribution is -2.01. The van der Waals surface area contributed by atoms with Gasteiger partial charge in [-0.2, -0.15) is 0 Å². The first-order chi connectivity index (χ1) is 10.3. The molecule has 0 atom stereocenters. The first-order valence-electron chi connectivity index (χ1n) is 6.47. The zero-order chi connectivity index (χ0) is 14.7. The van der Waals surface area contributed by atoms with Crippen molar-refractivity contribution in [2.75, 3.05) is 12.4 Å². The summed E-state index contributed by atoms with van der Waals surface area (Å²) in [7, 11) is 1.44. The highest BCUT2D eigenvalue weighted by Crippen LogP contribution is 2.24. The molecule has 0 spiro atoms. The van der Waals surface area contributed by atoms with Gasteiger partial charge in [0.2, 0.25) is 5.95 Å². The quantitative estimate of drug-likeness (QED) is 0.792. The molecule has 0 bridgehead atoms. The van der Waals surface area contributed by atoms with Crippen molar-refractivity contribution in [3.63, 3.8) is 0 Å². The van der Waals surface area contributed by atoms with Gasteiger partial charge in [-0.3, -0.25) is 4.57 Å². The van der Waals surface area contributed by atoms with Crippen molar-refractivity contribution in [3.05, 3.63) is 66.7 Å². The average Bonchev–Trinajstić information content (AvgIpc) is 2.96. The summed E-state index contributed by atoms with van der Waals surface area (Å²) < 4.78 is 20.5.